The molecule has 6 heteroatoms. The van der Waals surface area contributed by atoms with Gasteiger partial charge in [0.2, 0.25) is 0 Å². The molecule has 0 spiro atoms. The summed E-state index contributed by atoms with van der Waals surface area (Å²) in [7, 11) is 0. The molecule has 4 rings (SSSR count). The molecule has 0 atom stereocenters. The van der Waals surface area contributed by atoms with Gasteiger partial charge in [-0.15, -0.1) is 0 Å². The number of H-pyrrole nitrogens is 2. The van der Waals surface area contributed by atoms with Crippen molar-refractivity contribution in [3.8, 4) is 6.07 Å². The van der Waals surface area contributed by atoms with Crippen molar-refractivity contribution in [1.82, 2.24) is 15.0 Å². The van der Waals surface area contributed by atoms with Crippen LogP contribution in [0, 0.1) is 11.3 Å². The van der Waals surface area contributed by atoms with Gasteiger partial charge in [-0.3, -0.25) is 4.79 Å². The molecule has 0 aliphatic heterocycles. The summed E-state index contributed by atoms with van der Waals surface area (Å²) in [5.74, 6) is 0.260. The van der Waals surface area contributed by atoms with E-state index >= 15 is 0 Å². The quantitative estimate of drug-likeness (QED) is 0.502. The van der Waals surface area contributed by atoms with E-state index in [0.29, 0.717) is 16.5 Å². The third-order valence-corrected chi connectivity index (χ3v) is 4.46. The summed E-state index contributed by atoms with van der Waals surface area (Å²) in [6.45, 7) is 0. The first-order chi connectivity index (χ1) is 12.2. The number of nitrogens with one attached hydrogen (secondary N) is 2. The maximum atomic E-state index is 12.2. The van der Waals surface area contributed by atoms with Gasteiger partial charge in [-0.05, 0) is 36.4 Å². The van der Waals surface area contributed by atoms with Crippen molar-refractivity contribution in [2.75, 3.05) is 0 Å². The molecule has 2 aromatic carbocycles. The van der Waals surface area contributed by atoms with E-state index in [9.17, 15) is 10.1 Å². The molecule has 0 fully saturated rings. The average Bonchev–Trinajstić information content (AvgIpc) is 3.01. The molecule has 0 aliphatic carbocycles. The van der Waals surface area contributed by atoms with Gasteiger partial charge in [-0.1, -0.05) is 28.1 Å². The summed E-state index contributed by atoms with van der Waals surface area (Å²) in [5.41, 5.74) is 2.41. The summed E-state index contributed by atoms with van der Waals surface area (Å²) in [5, 5.41) is 11.0. The maximum absolute atomic E-state index is 12.2. The number of fused-ring (bicyclic) bond motifs is 2. The zero-order valence-electron chi connectivity index (χ0n) is 12.9. The number of halogens is 1. The van der Waals surface area contributed by atoms with Gasteiger partial charge in [0, 0.05) is 27.1 Å². The van der Waals surface area contributed by atoms with Gasteiger partial charge in [0.05, 0.1) is 16.5 Å². The van der Waals surface area contributed by atoms with Gasteiger partial charge in [0.15, 0.2) is 5.82 Å². The van der Waals surface area contributed by atoms with E-state index in [4.69, 9.17) is 0 Å². The summed E-state index contributed by atoms with van der Waals surface area (Å²) >= 11 is 3.46. The second kappa shape index (κ2) is 6.04. The van der Waals surface area contributed by atoms with Crippen molar-refractivity contribution in [2.45, 2.75) is 0 Å². The summed E-state index contributed by atoms with van der Waals surface area (Å²) in [6, 6.07) is 15.1. The summed E-state index contributed by atoms with van der Waals surface area (Å²) in [6.07, 6.45) is 3.55. The molecule has 5 nitrogen and oxygen atoms in total. The standard InChI is InChI=1S/C19H11BrN4O/c20-13-5-6-16-15(8-13)12(10-22-16)7-11(9-21)18-23-17-4-2-1-3-14(17)19(25)24-18/h1-8,10,22H,(H,23,24,25)/b11-7+. The predicted octanol–water partition coefficient (Wildman–Crippen LogP) is 4.23. The zero-order chi connectivity index (χ0) is 17.4. The van der Waals surface area contributed by atoms with Gasteiger partial charge in [-0.2, -0.15) is 5.26 Å². The van der Waals surface area contributed by atoms with E-state index in [1.54, 1.807) is 24.3 Å². The van der Waals surface area contributed by atoms with Crippen molar-refractivity contribution in [1.29, 1.82) is 5.26 Å². The predicted molar refractivity (Wildman–Crippen MR) is 102 cm³/mol. The Labute approximate surface area is 150 Å². The fraction of sp³-hybridized carbons (Fsp3) is 0. The Hall–Kier alpha value is -3.17. The third-order valence-electron chi connectivity index (χ3n) is 3.96. The number of aromatic amines is 2. The minimum absolute atomic E-state index is 0.260. The Morgan fingerprint density at radius 1 is 1.20 bits per heavy atom. The van der Waals surface area contributed by atoms with Crippen LogP contribution in [0.25, 0.3) is 33.5 Å². The van der Waals surface area contributed by atoms with Crippen LogP contribution in [-0.2, 0) is 0 Å². The molecular formula is C19H11BrN4O. The molecule has 2 N–H and O–H groups in total. The number of benzene rings is 2. The lowest BCUT2D eigenvalue weighted by atomic mass is 10.1. The zero-order valence-corrected chi connectivity index (χ0v) is 14.5. The number of nitriles is 1. The van der Waals surface area contributed by atoms with E-state index in [0.717, 1.165) is 20.9 Å². The van der Waals surface area contributed by atoms with Crippen molar-refractivity contribution >= 4 is 49.4 Å². The van der Waals surface area contributed by atoms with Crippen molar-refractivity contribution in [3.63, 3.8) is 0 Å². The largest absolute Gasteiger partial charge is 0.361 e. The Balaban J connectivity index is 1.90. The van der Waals surface area contributed by atoms with Crippen LogP contribution in [-0.4, -0.2) is 15.0 Å². The summed E-state index contributed by atoms with van der Waals surface area (Å²) in [4.78, 5) is 22.5. The van der Waals surface area contributed by atoms with Crippen LogP contribution < -0.4 is 5.56 Å². The number of hydrogen-bond donors (Lipinski definition) is 2. The first-order valence-corrected chi connectivity index (χ1v) is 8.33. The molecule has 2 aromatic heterocycles. The SMILES string of the molecule is N#C/C(=C\c1c[nH]c2ccc(Br)cc12)c1nc2ccccc2c(=O)[nH]1. The third kappa shape index (κ3) is 2.75. The monoisotopic (exact) mass is 390 g/mol. The molecule has 0 saturated heterocycles. The molecule has 0 unspecified atom stereocenters. The Morgan fingerprint density at radius 3 is 2.88 bits per heavy atom. The highest BCUT2D eigenvalue weighted by molar-refractivity contribution is 9.10. The smallest absolute Gasteiger partial charge is 0.259 e. The molecular weight excluding hydrogens is 380 g/mol. The molecule has 0 radical (unpaired) electrons. The fourth-order valence-corrected chi connectivity index (χ4v) is 3.12. The highest BCUT2D eigenvalue weighted by atomic mass is 79.9. The highest BCUT2D eigenvalue weighted by Crippen LogP contribution is 2.25. The minimum atomic E-state index is -0.261. The lowest BCUT2D eigenvalue weighted by molar-refractivity contribution is 1.13. The fourth-order valence-electron chi connectivity index (χ4n) is 2.76. The van der Waals surface area contributed by atoms with Crippen LogP contribution in [0.15, 0.2) is 57.9 Å². The lowest BCUT2D eigenvalue weighted by Crippen LogP contribution is -2.11. The molecule has 4 aromatic rings. The number of nitrogens with zero attached hydrogens (tertiary/aromatic N) is 2. The molecule has 2 heterocycles. The Kier molecular flexibility index (Phi) is 3.71. The summed E-state index contributed by atoms with van der Waals surface area (Å²) < 4.78 is 0.949. The normalized spacial score (nSPS) is 11.8. The van der Waals surface area contributed by atoms with Gasteiger partial charge in [-0.25, -0.2) is 4.98 Å². The average molecular weight is 391 g/mol. The van der Waals surface area contributed by atoms with Crippen LogP contribution in [0.3, 0.4) is 0 Å². The van der Waals surface area contributed by atoms with E-state index < -0.39 is 0 Å². The molecule has 25 heavy (non-hydrogen) atoms. The molecule has 0 bridgehead atoms. The van der Waals surface area contributed by atoms with Crippen LogP contribution >= 0.6 is 15.9 Å². The van der Waals surface area contributed by atoms with E-state index in [2.05, 4.69) is 37.0 Å². The van der Waals surface area contributed by atoms with E-state index in [-0.39, 0.29) is 11.4 Å². The van der Waals surface area contributed by atoms with Crippen molar-refractivity contribution in [2.24, 2.45) is 0 Å². The van der Waals surface area contributed by atoms with E-state index in [1.807, 2.05) is 30.5 Å². The van der Waals surface area contributed by atoms with Gasteiger partial charge < -0.3 is 9.97 Å². The number of rotatable bonds is 2. The minimum Gasteiger partial charge on any atom is -0.361 e. The first kappa shape index (κ1) is 15.4. The number of para-hydroxylation sites is 1. The van der Waals surface area contributed by atoms with Crippen molar-refractivity contribution < 1.29 is 0 Å². The number of aromatic nitrogens is 3. The van der Waals surface area contributed by atoms with Crippen LogP contribution in [0.5, 0.6) is 0 Å². The Morgan fingerprint density at radius 2 is 2.04 bits per heavy atom. The Bertz CT molecular complexity index is 1240. The van der Waals surface area contributed by atoms with Crippen LogP contribution in [0.4, 0.5) is 0 Å². The van der Waals surface area contributed by atoms with Gasteiger partial charge in [0.1, 0.15) is 6.07 Å². The number of hydrogen-bond acceptors (Lipinski definition) is 3. The second-order valence-electron chi connectivity index (χ2n) is 5.54. The molecule has 0 amide bonds. The highest BCUT2D eigenvalue weighted by Gasteiger charge is 2.10. The lowest BCUT2D eigenvalue weighted by Gasteiger charge is -2.02. The van der Waals surface area contributed by atoms with Crippen LogP contribution in [0.1, 0.15) is 11.4 Å². The van der Waals surface area contributed by atoms with Gasteiger partial charge >= 0.3 is 0 Å². The number of allylic oxidation sites excluding steroid dienone is 1. The molecule has 0 saturated carbocycles. The molecule has 120 valence electrons. The first-order valence-electron chi connectivity index (χ1n) is 7.53. The topological polar surface area (TPSA) is 85.3 Å². The van der Waals surface area contributed by atoms with Gasteiger partial charge in [0.25, 0.3) is 5.56 Å². The maximum Gasteiger partial charge on any atom is 0.259 e. The molecule has 0 aliphatic rings. The van der Waals surface area contributed by atoms with Crippen LogP contribution in [0.2, 0.25) is 0 Å². The van der Waals surface area contributed by atoms with Crippen molar-refractivity contribution in [3.05, 3.63) is 74.9 Å². The van der Waals surface area contributed by atoms with E-state index in [1.165, 1.54) is 0 Å². The second-order valence-corrected chi connectivity index (χ2v) is 6.45.